The molecule has 3 aromatic rings. The summed E-state index contributed by atoms with van der Waals surface area (Å²) < 4.78 is 15.7. The van der Waals surface area contributed by atoms with Crippen LogP contribution in [-0.4, -0.2) is 22.1 Å². The third kappa shape index (κ3) is 3.34. The number of halogens is 1. The van der Waals surface area contributed by atoms with Crippen molar-refractivity contribution in [2.45, 2.75) is 13.0 Å². The van der Waals surface area contributed by atoms with Crippen molar-refractivity contribution >= 4 is 16.8 Å². The first-order valence-corrected chi connectivity index (χ1v) is 7.46. The summed E-state index contributed by atoms with van der Waals surface area (Å²) in [6, 6.07) is 13.7. The van der Waals surface area contributed by atoms with Crippen LogP contribution < -0.4 is 5.32 Å². The number of amides is 1. The number of para-hydroxylation sites is 1. The largest absolute Gasteiger partial charge is 0.508 e. The molecule has 5 heteroatoms. The van der Waals surface area contributed by atoms with Gasteiger partial charge in [0.25, 0.3) is 5.91 Å². The molecule has 0 saturated heterocycles. The first-order valence-electron chi connectivity index (χ1n) is 7.46. The minimum absolute atomic E-state index is 0.0609. The van der Waals surface area contributed by atoms with Crippen molar-refractivity contribution in [3.63, 3.8) is 0 Å². The number of hydrogen-bond donors (Lipinski definition) is 2. The Morgan fingerprint density at radius 2 is 2.00 bits per heavy atom. The van der Waals surface area contributed by atoms with Crippen molar-refractivity contribution in [3.8, 4) is 5.75 Å². The van der Waals surface area contributed by atoms with Crippen LogP contribution in [0.2, 0.25) is 0 Å². The van der Waals surface area contributed by atoms with Crippen LogP contribution >= 0.6 is 0 Å². The molecular formula is C18H17FN2O2. The van der Waals surface area contributed by atoms with Gasteiger partial charge in [-0.25, -0.2) is 4.39 Å². The minimum Gasteiger partial charge on any atom is -0.508 e. The highest BCUT2D eigenvalue weighted by Crippen LogP contribution is 2.16. The molecule has 0 spiro atoms. The van der Waals surface area contributed by atoms with E-state index in [1.165, 1.54) is 17.5 Å². The zero-order valence-electron chi connectivity index (χ0n) is 12.5. The number of nitrogens with one attached hydrogen (secondary N) is 1. The van der Waals surface area contributed by atoms with Gasteiger partial charge in [-0.05, 0) is 36.1 Å². The summed E-state index contributed by atoms with van der Waals surface area (Å²) in [5, 5.41) is 13.0. The molecule has 0 atom stereocenters. The Balaban J connectivity index is 1.54. The van der Waals surface area contributed by atoms with E-state index in [4.69, 9.17) is 5.11 Å². The van der Waals surface area contributed by atoms with Crippen LogP contribution in [0.5, 0.6) is 5.75 Å². The number of aromatic nitrogens is 1. The number of carbonyl (C=O) groups excluding carboxylic acids is 1. The Labute approximate surface area is 133 Å². The van der Waals surface area contributed by atoms with Crippen molar-refractivity contribution in [1.82, 2.24) is 9.88 Å². The molecule has 0 aliphatic heterocycles. The van der Waals surface area contributed by atoms with Crippen LogP contribution in [0.25, 0.3) is 10.9 Å². The summed E-state index contributed by atoms with van der Waals surface area (Å²) in [4.78, 5) is 11.9. The van der Waals surface area contributed by atoms with Gasteiger partial charge in [0.05, 0.1) is 5.56 Å². The summed E-state index contributed by atoms with van der Waals surface area (Å²) in [6.07, 6.45) is 2.76. The Hall–Kier alpha value is -2.82. The number of aryl methyl sites for hydroxylation is 1. The first kappa shape index (κ1) is 15.1. The second-order valence-electron chi connectivity index (χ2n) is 5.34. The number of carbonyl (C=O) groups is 1. The highest BCUT2D eigenvalue weighted by molar-refractivity contribution is 5.94. The standard InChI is InChI=1S/C18H17FN2O2/c19-16-12-14(22)6-7-15(16)18(23)20-9-3-10-21-11-8-13-4-1-2-5-17(13)21/h1-2,4-8,11-12,22H,3,9-10H2,(H,20,23). The minimum atomic E-state index is -0.723. The summed E-state index contributed by atoms with van der Waals surface area (Å²) >= 11 is 0. The number of rotatable bonds is 5. The number of phenolic OH excluding ortho intramolecular Hbond substituents is 1. The number of fused-ring (bicyclic) bond motifs is 1. The molecule has 1 heterocycles. The predicted octanol–water partition coefficient (Wildman–Crippen LogP) is 3.31. The second kappa shape index (κ2) is 6.52. The topological polar surface area (TPSA) is 54.3 Å². The maximum atomic E-state index is 13.6. The van der Waals surface area contributed by atoms with Gasteiger partial charge in [-0.3, -0.25) is 4.79 Å². The SMILES string of the molecule is O=C(NCCCn1ccc2ccccc21)c1ccc(O)cc1F. The summed E-state index contributed by atoms with van der Waals surface area (Å²) in [5.74, 6) is -1.39. The maximum Gasteiger partial charge on any atom is 0.254 e. The molecule has 4 nitrogen and oxygen atoms in total. The lowest BCUT2D eigenvalue weighted by atomic mass is 10.2. The van der Waals surface area contributed by atoms with Gasteiger partial charge in [0.2, 0.25) is 0 Å². The van der Waals surface area contributed by atoms with E-state index in [1.807, 2.05) is 18.3 Å². The van der Waals surface area contributed by atoms with Crippen molar-refractivity contribution in [2.75, 3.05) is 6.54 Å². The quantitative estimate of drug-likeness (QED) is 0.710. The van der Waals surface area contributed by atoms with Gasteiger partial charge in [0.1, 0.15) is 11.6 Å². The lowest BCUT2D eigenvalue weighted by Crippen LogP contribution is -2.26. The summed E-state index contributed by atoms with van der Waals surface area (Å²) in [7, 11) is 0. The molecule has 0 saturated carbocycles. The van der Waals surface area contributed by atoms with Crippen LogP contribution in [0.15, 0.2) is 54.7 Å². The van der Waals surface area contributed by atoms with Crippen LogP contribution in [0, 0.1) is 5.82 Å². The molecule has 1 amide bonds. The van der Waals surface area contributed by atoms with E-state index in [0.717, 1.165) is 24.5 Å². The molecule has 3 rings (SSSR count). The Bertz CT molecular complexity index is 842. The van der Waals surface area contributed by atoms with E-state index >= 15 is 0 Å². The smallest absolute Gasteiger partial charge is 0.254 e. The van der Waals surface area contributed by atoms with Crippen molar-refractivity contribution in [2.24, 2.45) is 0 Å². The van der Waals surface area contributed by atoms with E-state index in [9.17, 15) is 9.18 Å². The Kier molecular flexibility index (Phi) is 4.28. The number of phenols is 1. The van der Waals surface area contributed by atoms with Crippen LogP contribution in [0.4, 0.5) is 4.39 Å². The van der Waals surface area contributed by atoms with Gasteiger partial charge in [0.15, 0.2) is 0 Å². The molecule has 0 bridgehead atoms. The fourth-order valence-electron chi connectivity index (χ4n) is 2.57. The highest BCUT2D eigenvalue weighted by Gasteiger charge is 2.11. The van der Waals surface area contributed by atoms with Gasteiger partial charge < -0.3 is 15.0 Å². The van der Waals surface area contributed by atoms with Gasteiger partial charge in [0, 0.05) is 30.9 Å². The van der Waals surface area contributed by atoms with Crippen LogP contribution in [0.1, 0.15) is 16.8 Å². The zero-order valence-corrected chi connectivity index (χ0v) is 12.5. The van der Waals surface area contributed by atoms with Crippen LogP contribution in [0.3, 0.4) is 0 Å². The van der Waals surface area contributed by atoms with Gasteiger partial charge in [-0.15, -0.1) is 0 Å². The number of nitrogens with zero attached hydrogens (tertiary/aromatic N) is 1. The fourth-order valence-corrected chi connectivity index (χ4v) is 2.57. The van der Waals surface area contributed by atoms with Gasteiger partial charge >= 0.3 is 0 Å². The monoisotopic (exact) mass is 312 g/mol. The predicted molar refractivity (Wildman–Crippen MR) is 87.0 cm³/mol. The molecule has 0 fully saturated rings. The third-order valence-electron chi connectivity index (χ3n) is 3.74. The molecule has 2 N–H and O–H groups in total. The zero-order chi connectivity index (χ0) is 16.2. The fraction of sp³-hybridized carbons (Fsp3) is 0.167. The first-order chi connectivity index (χ1) is 11.1. The molecule has 2 aromatic carbocycles. The second-order valence-corrected chi connectivity index (χ2v) is 5.34. The number of hydrogen-bond acceptors (Lipinski definition) is 2. The van der Waals surface area contributed by atoms with E-state index in [-0.39, 0.29) is 11.3 Å². The number of benzene rings is 2. The summed E-state index contributed by atoms with van der Waals surface area (Å²) in [6.45, 7) is 1.22. The Morgan fingerprint density at radius 3 is 2.83 bits per heavy atom. The number of aromatic hydroxyl groups is 1. The highest BCUT2D eigenvalue weighted by atomic mass is 19.1. The van der Waals surface area contributed by atoms with E-state index < -0.39 is 11.7 Å². The average molecular weight is 312 g/mol. The lowest BCUT2D eigenvalue weighted by Gasteiger charge is -2.08. The molecule has 0 radical (unpaired) electrons. The molecule has 0 aliphatic rings. The molecular weight excluding hydrogens is 295 g/mol. The molecule has 0 aliphatic carbocycles. The van der Waals surface area contributed by atoms with Crippen LogP contribution in [-0.2, 0) is 6.54 Å². The molecule has 0 unspecified atom stereocenters. The molecule has 23 heavy (non-hydrogen) atoms. The van der Waals surface area contributed by atoms with Gasteiger partial charge in [-0.2, -0.15) is 0 Å². The third-order valence-corrected chi connectivity index (χ3v) is 3.74. The summed E-state index contributed by atoms with van der Waals surface area (Å²) in [5.41, 5.74) is 1.10. The van der Waals surface area contributed by atoms with E-state index in [1.54, 1.807) is 0 Å². The average Bonchev–Trinajstić information content (AvgIpc) is 2.94. The van der Waals surface area contributed by atoms with Gasteiger partial charge in [-0.1, -0.05) is 18.2 Å². The Morgan fingerprint density at radius 1 is 1.17 bits per heavy atom. The van der Waals surface area contributed by atoms with Crippen molar-refractivity contribution < 1.29 is 14.3 Å². The van der Waals surface area contributed by atoms with E-state index in [0.29, 0.717) is 6.54 Å². The van der Waals surface area contributed by atoms with E-state index in [2.05, 4.69) is 28.1 Å². The van der Waals surface area contributed by atoms with Crippen molar-refractivity contribution in [1.29, 1.82) is 0 Å². The maximum absolute atomic E-state index is 13.6. The lowest BCUT2D eigenvalue weighted by molar-refractivity contribution is 0.0948. The normalized spacial score (nSPS) is 10.8. The molecule has 1 aromatic heterocycles. The van der Waals surface area contributed by atoms with Crippen molar-refractivity contribution in [3.05, 3.63) is 66.1 Å². The molecule has 118 valence electrons.